The van der Waals surface area contributed by atoms with Gasteiger partial charge in [-0.3, -0.25) is 4.90 Å². The van der Waals surface area contributed by atoms with Crippen molar-refractivity contribution in [2.45, 2.75) is 65.1 Å². The normalized spacial score (nSPS) is 26.1. The Morgan fingerprint density at radius 1 is 1.35 bits per heavy atom. The Balaban J connectivity index is 2.64. The van der Waals surface area contributed by atoms with Crippen LogP contribution in [0.15, 0.2) is 0 Å². The van der Waals surface area contributed by atoms with E-state index in [1.54, 1.807) is 0 Å². The molecule has 1 heterocycles. The number of rotatable bonds is 5. The Hall–Kier alpha value is -0.120. The average Bonchev–Trinajstić information content (AvgIpc) is 2.15. The summed E-state index contributed by atoms with van der Waals surface area (Å²) in [5.41, 5.74) is 0.170. The molecule has 0 aromatic rings. The van der Waals surface area contributed by atoms with Crippen molar-refractivity contribution in [3.8, 4) is 0 Å². The highest BCUT2D eigenvalue weighted by molar-refractivity contribution is 4.93. The van der Waals surface area contributed by atoms with Gasteiger partial charge in [-0.2, -0.15) is 0 Å². The lowest BCUT2D eigenvalue weighted by molar-refractivity contribution is -0.0539. The quantitative estimate of drug-likeness (QED) is 0.800. The van der Waals surface area contributed by atoms with Gasteiger partial charge in [0.1, 0.15) is 0 Å². The van der Waals surface area contributed by atoms with Crippen molar-refractivity contribution in [3.63, 3.8) is 0 Å². The molecule has 1 aliphatic heterocycles. The van der Waals surface area contributed by atoms with Crippen LogP contribution in [0.2, 0.25) is 0 Å². The van der Waals surface area contributed by atoms with Gasteiger partial charge in [0, 0.05) is 37.8 Å². The largest absolute Gasteiger partial charge is 0.375 e. The van der Waals surface area contributed by atoms with Gasteiger partial charge in [0.2, 0.25) is 0 Å². The number of ether oxygens (including phenoxy) is 1. The van der Waals surface area contributed by atoms with Crippen LogP contribution in [0.5, 0.6) is 0 Å². The zero-order valence-electron chi connectivity index (χ0n) is 12.5. The molecule has 0 saturated carbocycles. The molecule has 1 N–H and O–H groups in total. The molecule has 0 aromatic carbocycles. The third-order valence-corrected chi connectivity index (χ3v) is 3.52. The van der Waals surface area contributed by atoms with Crippen molar-refractivity contribution >= 4 is 0 Å². The maximum absolute atomic E-state index is 5.83. The molecule has 0 bridgehead atoms. The summed E-state index contributed by atoms with van der Waals surface area (Å²) in [5, 5.41) is 3.62. The lowest BCUT2D eigenvalue weighted by Crippen LogP contribution is -2.63. The van der Waals surface area contributed by atoms with E-state index in [-0.39, 0.29) is 11.1 Å². The van der Waals surface area contributed by atoms with Crippen LogP contribution in [0.25, 0.3) is 0 Å². The van der Waals surface area contributed by atoms with Crippen molar-refractivity contribution in [1.82, 2.24) is 10.2 Å². The lowest BCUT2D eigenvalue weighted by atomic mass is 9.95. The first-order valence-electron chi connectivity index (χ1n) is 6.92. The van der Waals surface area contributed by atoms with Crippen LogP contribution in [-0.4, -0.2) is 48.3 Å². The molecular formula is C14H30N2O. The molecule has 3 nitrogen and oxygen atoms in total. The van der Waals surface area contributed by atoms with Crippen LogP contribution in [0.3, 0.4) is 0 Å². The van der Waals surface area contributed by atoms with Crippen molar-refractivity contribution in [1.29, 1.82) is 0 Å². The predicted octanol–water partition coefficient (Wildman–Crippen LogP) is 2.26. The fraction of sp³-hybridized carbons (Fsp3) is 1.00. The second-order valence-electron chi connectivity index (χ2n) is 6.42. The summed E-state index contributed by atoms with van der Waals surface area (Å²) in [7, 11) is 0. The molecule has 1 fully saturated rings. The maximum Gasteiger partial charge on any atom is 0.0752 e. The Morgan fingerprint density at radius 3 is 2.53 bits per heavy atom. The summed E-state index contributed by atoms with van der Waals surface area (Å²) < 4.78 is 5.83. The van der Waals surface area contributed by atoms with Crippen molar-refractivity contribution in [3.05, 3.63) is 0 Å². The summed E-state index contributed by atoms with van der Waals surface area (Å²) in [6, 6.07) is 0.641. The molecule has 0 spiro atoms. The van der Waals surface area contributed by atoms with Gasteiger partial charge in [0.25, 0.3) is 0 Å². The minimum atomic E-state index is -0.0460. The van der Waals surface area contributed by atoms with Crippen molar-refractivity contribution in [2.24, 2.45) is 0 Å². The third kappa shape index (κ3) is 4.57. The highest BCUT2D eigenvalue weighted by Crippen LogP contribution is 2.21. The summed E-state index contributed by atoms with van der Waals surface area (Å²) in [5.74, 6) is 0. The van der Waals surface area contributed by atoms with Gasteiger partial charge in [-0.05, 0) is 41.0 Å². The highest BCUT2D eigenvalue weighted by Gasteiger charge is 2.34. The molecule has 0 amide bonds. The molecule has 0 radical (unpaired) electrons. The predicted molar refractivity (Wildman–Crippen MR) is 73.4 cm³/mol. The van der Waals surface area contributed by atoms with Gasteiger partial charge in [0.05, 0.1) is 5.60 Å². The van der Waals surface area contributed by atoms with Gasteiger partial charge in [-0.25, -0.2) is 0 Å². The topological polar surface area (TPSA) is 24.5 Å². The fourth-order valence-corrected chi connectivity index (χ4v) is 2.73. The first kappa shape index (κ1) is 14.9. The molecule has 0 aromatic heterocycles. The van der Waals surface area contributed by atoms with Crippen LogP contribution in [0, 0.1) is 0 Å². The van der Waals surface area contributed by atoms with Gasteiger partial charge in [-0.15, -0.1) is 0 Å². The lowest BCUT2D eigenvalue weighted by Gasteiger charge is -2.47. The molecule has 1 rings (SSSR count). The molecule has 0 aliphatic carbocycles. The van der Waals surface area contributed by atoms with Crippen LogP contribution >= 0.6 is 0 Å². The first-order chi connectivity index (χ1) is 7.79. The molecule has 1 saturated heterocycles. The SMILES string of the molecule is CCOC(C)(C)CN1CC(C)(C)NCC1CC. The summed E-state index contributed by atoms with van der Waals surface area (Å²) in [6.07, 6.45) is 1.20. The van der Waals surface area contributed by atoms with Gasteiger partial charge in [0.15, 0.2) is 0 Å². The molecule has 102 valence electrons. The zero-order valence-corrected chi connectivity index (χ0v) is 12.5. The zero-order chi connectivity index (χ0) is 13.1. The smallest absolute Gasteiger partial charge is 0.0752 e. The van der Waals surface area contributed by atoms with E-state index in [2.05, 4.69) is 51.8 Å². The van der Waals surface area contributed by atoms with E-state index in [1.807, 2.05) is 0 Å². The van der Waals surface area contributed by atoms with E-state index < -0.39 is 0 Å². The molecular weight excluding hydrogens is 212 g/mol. The van der Waals surface area contributed by atoms with E-state index in [0.29, 0.717) is 6.04 Å². The highest BCUT2D eigenvalue weighted by atomic mass is 16.5. The monoisotopic (exact) mass is 242 g/mol. The van der Waals surface area contributed by atoms with Crippen LogP contribution in [0.4, 0.5) is 0 Å². The first-order valence-corrected chi connectivity index (χ1v) is 6.92. The Bertz CT molecular complexity index is 238. The summed E-state index contributed by atoms with van der Waals surface area (Å²) in [6.45, 7) is 17.3. The van der Waals surface area contributed by atoms with Crippen LogP contribution in [0.1, 0.15) is 48.0 Å². The number of hydrogen-bond acceptors (Lipinski definition) is 3. The van der Waals surface area contributed by atoms with E-state index in [4.69, 9.17) is 4.74 Å². The van der Waals surface area contributed by atoms with Crippen LogP contribution < -0.4 is 5.32 Å². The number of piperazine rings is 1. The Morgan fingerprint density at radius 2 is 2.00 bits per heavy atom. The Labute approximate surface area is 107 Å². The van der Waals surface area contributed by atoms with Gasteiger partial charge in [-0.1, -0.05) is 6.92 Å². The second kappa shape index (κ2) is 5.68. The van der Waals surface area contributed by atoms with E-state index in [1.165, 1.54) is 6.42 Å². The summed E-state index contributed by atoms with van der Waals surface area (Å²) >= 11 is 0. The molecule has 1 unspecified atom stereocenters. The molecule has 17 heavy (non-hydrogen) atoms. The van der Waals surface area contributed by atoms with E-state index in [9.17, 15) is 0 Å². The third-order valence-electron chi connectivity index (χ3n) is 3.52. The minimum Gasteiger partial charge on any atom is -0.375 e. The number of nitrogens with one attached hydrogen (secondary N) is 1. The molecule has 1 atom stereocenters. The van der Waals surface area contributed by atoms with Crippen molar-refractivity contribution < 1.29 is 4.74 Å². The number of nitrogens with zero attached hydrogens (tertiary/aromatic N) is 1. The van der Waals surface area contributed by atoms with Crippen LogP contribution in [-0.2, 0) is 4.74 Å². The molecule has 3 heteroatoms. The fourth-order valence-electron chi connectivity index (χ4n) is 2.73. The van der Waals surface area contributed by atoms with E-state index in [0.717, 1.165) is 26.2 Å². The van der Waals surface area contributed by atoms with Crippen molar-refractivity contribution in [2.75, 3.05) is 26.2 Å². The van der Waals surface area contributed by atoms with E-state index >= 15 is 0 Å². The van der Waals surface area contributed by atoms with Gasteiger partial charge >= 0.3 is 0 Å². The standard InChI is InChI=1S/C14H30N2O/c1-7-12-9-15-13(3,4)10-16(12)11-14(5,6)17-8-2/h12,15H,7-11H2,1-6H3. The minimum absolute atomic E-state index is 0.0460. The van der Waals surface area contributed by atoms with Gasteiger partial charge < -0.3 is 10.1 Å². The Kier molecular flexibility index (Phi) is 4.99. The summed E-state index contributed by atoms with van der Waals surface area (Å²) in [4.78, 5) is 2.59. The second-order valence-corrected chi connectivity index (χ2v) is 6.42. The number of hydrogen-bond donors (Lipinski definition) is 1. The maximum atomic E-state index is 5.83. The molecule has 1 aliphatic rings. The average molecular weight is 242 g/mol.